The zero-order chi connectivity index (χ0) is 10.7. The second kappa shape index (κ2) is 5.08. The third kappa shape index (κ3) is 2.58. The zero-order valence-corrected chi connectivity index (χ0v) is 10.5. The molecule has 0 aromatic carbocycles. The summed E-state index contributed by atoms with van der Waals surface area (Å²) < 4.78 is 0. The second-order valence-corrected chi connectivity index (χ2v) is 5.44. The Labute approximate surface area is 96.1 Å². The van der Waals surface area contributed by atoms with Gasteiger partial charge >= 0.3 is 0 Å². The van der Waals surface area contributed by atoms with Crippen LogP contribution in [0, 0.1) is 6.92 Å². The molecule has 2 rings (SSSR count). The number of nitrogens with one attached hydrogen (secondary N) is 1. The fourth-order valence-electron chi connectivity index (χ4n) is 2.20. The summed E-state index contributed by atoms with van der Waals surface area (Å²) in [6.45, 7) is 6.32. The lowest BCUT2D eigenvalue weighted by Gasteiger charge is -2.02. The Balaban J connectivity index is 2.06. The van der Waals surface area contributed by atoms with Gasteiger partial charge in [0.05, 0.1) is 10.7 Å². The molecule has 1 aromatic heterocycles. The first kappa shape index (κ1) is 11.1. The van der Waals surface area contributed by atoms with Crippen LogP contribution in [0.25, 0.3) is 0 Å². The predicted octanol–water partition coefficient (Wildman–Crippen LogP) is 3.22. The minimum Gasteiger partial charge on any atom is -0.312 e. The zero-order valence-electron chi connectivity index (χ0n) is 9.68. The van der Waals surface area contributed by atoms with Gasteiger partial charge in [0, 0.05) is 17.3 Å². The third-order valence-corrected chi connectivity index (χ3v) is 4.47. The van der Waals surface area contributed by atoms with Crippen LogP contribution in [0.3, 0.4) is 0 Å². The van der Waals surface area contributed by atoms with Crippen LogP contribution in [0.4, 0.5) is 0 Å². The van der Waals surface area contributed by atoms with Crippen LogP contribution >= 0.6 is 11.3 Å². The molecule has 1 aliphatic carbocycles. The van der Waals surface area contributed by atoms with Crippen molar-refractivity contribution in [1.82, 2.24) is 10.3 Å². The average Bonchev–Trinajstić information content (AvgIpc) is 2.83. The van der Waals surface area contributed by atoms with Gasteiger partial charge in [-0.25, -0.2) is 4.98 Å². The molecule has 0 aliphatic heterocycles. The highest BCUT2D eigenvalue weighted by atomic mass is 32.1. The first-order chi connectivity index (χ1) is 7.31. The monoisotopic (exact) mass is 224 g/mol. The van der Waals surface area contributed by atoms with E-state index >= 15 is 0 Å². The highest BCUT2D eigenvalue weighted by Gasteiger charge is 2.21. The largest absolute Gasteiger partial charge is 0.312 e. The van der Waals surface area contributed by atoms with Crippen LogP contribution in [-0.2, 0) is 6.54 Å². The number of aromatic nitrogens is 1. The Morgan fingerprint density at radius 2 is 2.13 bits per heavy atom. The van der Waals surface area contributed by atoms with E-state index in [9.17, 15) is 0 Å². The summed E-state index contributed by atoms with van der Waals surface area (Å²) in [5.74, 6) is 0.768. The molecule has 1 aliphatic rings. The summed E-state index contributed by atoms with van der Waals surface area (Å²) in [5, 5.41) is 4.77. The Hall–Kier alpha value is -0.410. The molecule has 1 saturated carbocycles. The SMILES string of the molecule is CCNCc1sc(C2CCCC2)nc1C. The molecule has 0 radical (unpaired) electrons. The van der Waals surface area contributed by atoms with Crippen molar-refractivity contribution in [2.45, 2.75) is 52.0 Å². The number of thiazole rings is 1. The molecule has 0 unspecified atom stereocenters. The van der Waals surface area contributed by atoms with Gasteiger partial charge in [-0.1, -0.05) is 19.8 Å². The maximum Gasteiger partial charge on any atom is 0.0962 e. The van der Waals surface area contributed by atoms with E-state index in [1.165, 1.54) is 41.3 Å². The average molecular weight is 224 g/mol. The van der Waals surface area contributed by atoms with Crippen LogP contribution in [0.2, 0.25) is 0 Å². The quantitative estimate of drug-likeness (QED) is 0.849. The minimum atomic E-state index is 0.768. The van der Waals surface area contributed by atoms with Crippen LogP contribution in [0.15, 0.2) is 0 Å². The Morgan fingerprint density at radius 1 is 1.40 bits per heavy atom. The van der Waals surface area contributed by atoms with Gasteiger partial charge in [0.2, 0.25) is 0 Å². The molecule has 0 saturated heterocycles. The van der Waals surface area contributed by atoms with E-state index in [4.69, 9.17) is 4.98 Å². The van der Waals surface area contributed by atoms with Gasteiger partial charge < -0.3 is 5.32 Å². The summed E-state index contributed by atoms with van der Waals surface area (Å²) >= 11 is 1.92. The molecular weight excluding hydrogens is 204 g/mol. The molecule has 15 heavy (non-hydrogen) atoms. The molecule has 0 bridgehead atoms. The molecule has 2 nitrogen and oxygen atoms in total. The predicted molar refractivity (Wildman–Crippen MR) is 65.4 cm³/mol. The van der Waals surface area contributed by atoms with Crippen molar-refractivity contribution in [2.24, 2.45) is 0 Å². The van der Waals surface area contributed by atoms with E-state index in [1.807, 2.05) is 11.3 Å². The maximum absolute atomic E-state index is 4.72. The van der Waals surface area contributed by atoms with Crippen molar-refractivity contribution < 1.29 is 0 Å². The smallest absolute Gasteiger partial charge is 0.0962 e. The van der Waals surface area contributed by atoms with Gasteiger partial charge in [0.15, 0.2) is 0 Å². The minimum absolute atomic E-state index is 0.768. The van der Waals surface area contributed by atoms with E-state index in [-0.39, 0.29) is 0 Å². The van der Waals surface area contributed by atoms with Crippen LogP contribution in [-0.4, -0.2) is 11.5 Å². The molecule has 1 N–H and O–H groups in total. The molecule has 1 heterocycles. The fourth-order valence-corrected chi connectivity index (χ4v) is 3.41. The van der Waals surface area contributed by atoms with E-state index in [0.29, 0.717) is 0 Å². The normalized spacial score (nSPS) is 17.5. The molecular formula is C12H20N2S. The molecule has 3 heteroatoms. The van der Waals surface area contributed by atoms with Crippen molar-refractivity contribution in [3.05, 3.63) is 15.6 Å². The van der Waals surface area contributed by atoms with Gasteiger partial charge in [0.25, 0.3) is 0 Å². The lowest BCUT2D eigenvalue weighted by atomic mass is 10.1. The number of hydrogen-bond donors (Lipinski definition) is 1. The standard InChI is InChI=1S/C12H20N2S/c1-3-13-8-11-9(2)14-12(15-11)10-6-4-5-7-10/h10,13H,3-8H2,1-2H3. The number of aryl methyl sites for hydroxylation is 1. The summed E-state index contributed by atoms with van der Waals surface area (Å²) in [4.78, 5) is 6.15. The van der Waals surface area contributed by atoms with E-state index < -0.39 is 0 Å². The highest BCUT2D eigenvalue weighted by molar-refractivity contribution is 7.11. The van der Waals surface area contributed by atoms with Crippen molar-refractivity contribution >= 4 is 11.3 Å². The van der Waals surface area contributed by atoms with Crippen molar-refractivity contribution in [1.29, 1.82) is 0 Å². The van der Waals surface area contributed by atoms with Crippen LogP contribution in [0.5, 0.6) is 0 Å². The number of nitrogens with zero attached hydrogens (tertiary/aromatic N) is 1. The lowest BCUT2D eigenvalue weighted by molar-refractivity contribution is 0.712. The Kier molecular flexibility index (Phi) is 3.76. The summed E-state index contributed by atoms with van der Waals surface area (Å²) in [6.07, 6.45) is 5.50. The van der Waals surface area contributed by atoms with E-state index in [1.54, 1.807) is 0 Å². The van der Waals surface area contributed by atoms with Gasteiger partial charge in [0.1, 0.15) is 0 Å². The highest BCUT2D eigenvalue weighted by Crippen LogP contribution is 2.36. The topological polar surface area (TPSA) is 24.9 Å². The Morgan fingerprint density at radius 3 is 2.80 bits per heavy atom. The maximum atomic E-state index is 4.72. The van der Waals surface area contributed by atoms with Gasteiger partial charge in [-0.2, -0.15) is 0 Å². The first-order valence-corrected chi connectivity index (χ1v) is 6.79. The van der Waals surface area contributed by atoms with Crippen molar-refractivity contribution in [2.75, 3.05) is 6.54 Å². The van der Waals surface area contributed by atoms with Crippen LogP contribution < -0.4 is 5.32 Å². The second-order valence-electron chi connectivity index (χ2n) is 4.32. The van der Waals surface area contributed by atoms with E-state index in [0.717, 1.165) is 19.0 Å². The van der Waals surface area contributed by atoms with Crippen molar-refractivity contribution in [3.8, 4) is 0 Å². The molecule has 0 spiro atoms. The summed E-state index contributed by atoms with van der Waals surface area (Å²) in [6, 6.07) is 0. The molecule has 84 valence electrons. The first-order valence-electron chi connectivity index (χ1n) is 5.98. The fraction of sp³-hybridized carbons (Fsp3) is 0.750. The van der Waals surface area contributed by atoms with Crippen molar-refractivity contribution in [3.63, 3.8) is 0 Å². The van der Waals surface area contributed by atoms with E-state index in [2.05, 4.69) is 19.2 Å². The Bertz CT molecular complexity index is 313. The molecule has 1 fully saturated rings. The number of hydrogen-bond acceptors (Lipinski definition) is 3. The molecule has 0 amide bonds. The van der Waals surface area contributed by atoms with Gasteiger partial charge in [-0.3, -0.25) is 0 Å². The van der Waals surface area contributed by atoms with Gasteiger partial charge in [-0.05, 0) is 26.3 Å². The summed E-state index contributed by atoms with van der Waals surface area (Å²) in [5.41, 5.74) is 1.24. The lowest BCUT2D eigenvalue weighted by Crippen LogP contribution is -2.11. The summed E-state index contributed by atoms with van der Waals surface area (Å²) in [7, 11) is 0. The van der Waals surface area contributed by atoms with Crippen LogP contribution in [0.1, 0.15) is 54.1 Å². The van der Waals surface area contributed by atoms with Gasteiger partial charge in [-0.15, -0.1) is 11.3 Å². The molecule has 1 aromatic rings. The number of rotatable bonds is 4. The third-order valence-electron chi connectivity index (χ3n) is 3.15. The molecule has 0 atom stereocenters.